The van der Waals surface area contributed by atoms with Crippen LogP contribution in [-0.2, 0) is 25.1 Å². The standard InChI is InChI=1S/C19H25N2O4P.CO2/c1-16-8-10-18(11-9-16)19(22)20-13-15-25-26(23,24)21(2)14-12-17-6-4-3-5-7-17;2-1-3/h3-11H,12-15H2,1-2H3,(H,20,22)(H,23,24);. The molecule has 29 heavy (non-hydrogen) atoms. The minimum absolute atomic E-state index is 0.0406. The van der Waals surface area contributed by atoms with Gasteiger partial charge in [-0.2, -0.15) is 9.59 Å². The molecule has 2 N–H and O–H groups in total. The minimum Gasteiger partial charge on any atom is -0.350 e. The third-order valence-electron chi connectivity index (χ3n) is 3.96. The van der Waals surface area contributed by atoms with Crippen molar-refractivity contribution in [1.29, 1.82) is 0 Å². The zero-order chi connectivity index (χ0) is 21.7. The van der Waals surface area contributed by atoms with Crippen molar-refractivity contribution in [2.45, 2.75) is 13.3 Å². The minimum atomic E-state index is -3.88. The van der Waals surface area contributed by atoms with Crippen molar-refractivity contribution >= 4 is 19.8 Å². The maximum atomic E-state index is 12.2. The number of carbonyl (C=O) groups is 1. The monoisotopic (exact) mass is 420 g/mol. The Bertz CT molecular complexity index is 836. The molecule has 0 bridgehead atoms. The summed E-state index contributed by atoms with van der Waals surface area (Å²) in [4.78, 5) is 38.2. The highest BCUT2D eigenvalue weighted by Gasteiger charge is 2.25. The van der Waals surface area contributed by atoms with Crippen LogP contribution in [0.2, 0.25) is 0 Å². The maximum absolute atomic E-state index is 12.2. The Morgan fingerprint density at radius 2 is 1.72 bits per heavy atom. The van der Waals surface area contributed by atoms with Crippen LogP contribution in [0.25, 0.3) is 0 Å². The first-order valence-corrected chi connectivity index (χ1v) is 10.4. The van der Waals surface area contributed by atoms with E-state index in [1.165, 1.54) is 4.67 Å². The van der Waals surface area contributed by atoms with Crippen LogP contribution < -0.4 is 5.32 Å². The summed E-state index contributed by atoms with van der Waals surface area (Å²) in [5.41, 5.74) is 2.71. The molecule has 1 amide bonds. The van der Waals surface area contributed by atoms with Crippen LogP contribution in [0.5, 0.6) is 0 Å². The number of rotatable bonds is 9. The third kappa shape index (κ3) is 9.43. The number of benzene rings is 2. The van der Waals surface area contributed by atoms with Crippen molar-refractivity contribution in [3.8, 4) is 0 Å². The molecule has 0 radical (unpaired) electrons. The van der Waals surface area contributed by atoms with Gasteiger partial charge in [0.2, 0.25) is 0 Å². The number of likely N-dealkylation sites (N-methyl/N-ethyl adjacent to an activating group) is 1. The number of amides is 1. The largest absolute Gasteiger partial charge is 0.405 e. The first-order valence-electron chi connectivity index (χ1n) is 8.87. The lowest BCUT2D eigenvalue weighted by molar-refractivity contribution is -0.191. The number of nitrogens with one attached hydrogen (secondary N) is 1. The Morgan fingerprint density at radius 3 is 2.31 bits per heavy atom. The SMILES string of the molecule is Cc1ccc(C(=O)NCCOP(=O)(O)N(C)CCc2ccccc2)cc1.O=C=O. The highest BCUT2D eigenvalue weighted by Crippen LogP contribution is 2.44. The predicted molar refractivity (Wildman–Crippen MR) is 107 cm³/mol. The van der Waals surface area contributed by atoms with Gasteiger partial charge in [0.1, 0.15) is 0 Å². The van der Waals surface area contributed by atoms with Crippen molar-refractivity contribution in [3.05, 3.63) is 71.3 Å². The van der Waals surface area contributed by atoms with Gasteiger partial charge in [0.05, 0.1) is 6.61 Å². The van der Waals surface area contributed by atoms with Gasteiger partial charge in [-0.05, 0) is 38.1 Å². The van der Waals surface area contributed by atoms with Crippen molar-refractivity contribution in [2.75, 3.05) is 26.7 Å². The quantitative estimate of drug-likeness (QED) is 0.473. The molecule has 156 valence electrons. The van der Waals surface area contributed by atoms with Crippen molar-refractivity contribution in [3.63, 3.8) is 0 Å². The van der Waals surface area contributed by atoms with Crippen molar-refractivity contribution < 1.29 is 28.4 Å². The molecule has 2 aromatic rings. The number of hydrogen-bond donors (Lipinski definition) is 2. The first kappa shape index (κ1) is 24.4. The summed E-state index contributed by atoms with van der Waals surface area (Å²) in [6, 6.07) is 16.9. The zero-order valence-electron chi connectivity index (χ0n) is 16.4. The topological polar surface area (TPSA) is 113 Å². The summed E-state index contributed by atoms with van der Waals surface area (Å²) >= 11 is 0. The summed E-state index contributed by atoms with van der Waals surface area (Å²) in [5, 5.41) is 2.67. The van der Waals surface area contributed by atoms with Crippen LogP contribution in [0.1, 0.15) is 21.5 Å². The highest BCUT2D eigenvalue weighted by atomic mass is 31.2. The molecule has 1 atom stereocenters. The van der Waals surface area contributed by atoms with Crippen molar-refractivity contribution in [2.24, 2.45) is 0 Å². The molecule has 0 saturated heterocycles. The molecule has 2 aromatic carbocycles. The molecule has 0 aliphatic rings. The molecule has 0 heterocycles. The third-order valence-corrected chi connectivity index (χ3v) is 5.54. The van der Waals surface area contributed by atoms with Gasteiger partial charge in [-0.25, -0.2) is 9.24 Å². The van der Waals surface area contributed by atoms with E-state index in [9.17, 15) is 14.3 Å². The molecule has 8 nitrogen and oxygen atoms in total. The Kier molecular flexibility index (Phi) is 10.8. The highest BCUT2D eigenvalue weighted by molar-refractivity contribution is 7.50. The molecule has 1 unspecified atom stereocenters. The van der Waals surface area contributed by atoms with Gasteiger partial charge >= 0.3 is 13.9 Å². The normalized spacial score (nSPS) is 12.3. The second-order valence-electron chi connectivity index (χ2n) is 6.15. The van der Waals surface area contributed by atoms with Gasteiger partial charge in [-0.1, -0.05) is 48.0 Å². The lowest BCUT2D eigenvalue weighted by Gasteiger charge is -2.22. The van der Waals surface area contributed by atoms with E-state index in [-0.39, 0.29) is 25.2 Å². The fraction of sp³-hybridized carbons (Fsp3) is 0.300. The number of carbonyl (C=O) groups excluding carboxylic acids is 3. The smallest absolute Gasteiger partial charge is 0.350 e. The molecule has 0 spiro atoms. The van der Waals surface area contributed by atoms with E-state index < -0.39 is 7.75 Å². The van der Waals surface area contributed by atoms with Crippen LogP contribution in [0.4, 0.5) is 0 Å². The Morgan fingerprint density at radius 1 is 1.14 bits per heavy atom. The molecule has 0 aliphatic carbocycles. The Balaban J connectivity index is 0.00000132. The van der Waals surface area contributed by atoms with E-state index in [2.05, 4.69) is 5.32 Å². The average Bonchev–Trinajstić information content (AvgIpc) is 2.71. The lowest BCUT2D eigenvalue weighted by atomic mass is 10.1. The van der Waals surface area contributed by atoms with Gasteiger partial charge in [0.25, 0.3) is 5.91 Å². The van der Waals surface area contributed by atoms with Crippen molar-refractivity contribution in [1.82, 2.24) is 9.99 Å². The van der Waals surface area contributed by atoms with E-state index in [4.69, 9.17) is 14.1 Å². The molecule has 0 saturated carbocycles. The summed E-state index contributed by atoms with van der Waals surface area (Å²) in [5.74, 6) is -0.237. The summed E-state index contributed by atoms with van der Waals surface area (Å²) < 4.78 is 18.6. The summed E-state index contributed by atoms with van der Waals surface area (Å²) in [7, 11) is -2.33. The number of aryl methyl sites for hydroxylation is 1. The van der Waals surface area contributed by atoms with E-state index >= 15 is 0 Å². The Labute approximate surface area is 170 Å². The van der Waals surface area contributed by atoms with Gasteiger partial charge in [-0.3, -0.25) is 9.32 Å². The molecular formula is C20H25N2O6P. The van der Waals surface area contributed by atoms with Crippen LogP contribution in [-0.4, -0.2) is 48.4 Å². The van der Waals surface area contributed by atoms with Gasteiger partial charge in [0.15, 0.2) is 0 Å². The summed E-state index contributed by atoms with van der Waals surface area (Å²) in [6.45, 7) is 2.46. The maximum Gasteiger partial charge on any atom is 0.405 e. The van der Waals surface area contributed by atoms with Crippen LogP contribution in [0.15, 0.2) is 54.6 Å². The van der Waals surface area contributed by atoms with E-state index in [1.807, 2.05) is 49.4 Å². The second-order valence-corrected chi connectivity index (χ2v) is 8.07. The first-order chi connectivity index (χ1) is 13.8. The number of hydrogen-bond acceptors (Lipinski definition) is 5. The van der Waals surface area contributed by atoms with E-state index in [0.29, 0.717) is 18.5 Å². The average molecular weight is 420 g/mol. The van der Waals surface area contributed by atoms with Crippen LogP contribution in [0, 0.1) is 6.92 Å². The molecule has 0 aromatic heterocycles. The van der Waals surface area contributed by atoms with Gasteiger partial charge in [-0.15, -0.1) is 0 Å². The predicted octanol–water partition coefficient (Wildman–Crippen LogP) is 2.43. The zero-order valence-corrected chi connectivity index (χ0v) is 17.3. The lowest BCUT2D eigenvalue weighted by Crippen LogP contribution is -2.28. The van der Waals surface area contributed by atoms with Crippen LogP contribution in [0.3, 0.4) is 0 Å². The molecule has 9 heteroatoms. The fourth-order valence-corrected chi connectivity index (χ4v) is 3.18. The summed E-state index contributed by atoms with van der Waals surface area (Å²) in [6.07, 6.45) is 0.898. The van der Waals surface area contributed by atoms with Gasteiger partial charge in [0, 0.05) is 18.7 Å². The number of nitrogens with zero attached hydrogens (tertiary/aromatic N) is 1. The molecule has 0 fully saturated rings. The van der Waals surface area contributed by atoms with Crippen LogP contribution >= 0.6 is 7.75 Å². The van der Waals surface area contributed by atoms with Gasteiger partial charge < -0.3 is 10.2 Å². The second kappa shape index (κ2) is 12.8. The Hall–Kier alpha value is -2.60. The van der Waals surface area contributed by atoms with E-state index in [1.54, 1.807) is 19.2 Å². The van der Waals surface area contributed by atoms with E-state index in [0.717, 1.165) is 11.1 Å². The molecule has 0 aliphatic heterocycles. The fourth-order valence-electron chi connectivity index (χ4n) is 2.30. The molecule has 2 rings (SSSR count). The molecular weight excluding hydrogens is 395 g/mol.